The number of benzene rings is 2. The average molecular weight is 402 g/mol. The third-order valence-electron chi connectivity index (χ3n) is 5.82. The van der Waals surface area contributed by atoms with Gasteiger partial charge in [-0.2, -0.15) is 5.01 Å². The maximum absolute atomic E-state index is 6.61. The molecule has 4 nitrogen and oxygen atoms in total. The Hall–Kier alpha value is -1.72. The number of nitrogens with zero attached hydrogens (tertiary/aromatic N) is 2. The van der Waals surface area contributed by atoms with Gasteiger partial charge in [-0.1, -0.05) is 47.5 Å². The molecule has 140 valence electrons. The van der Waals surface area contributed by atoms with Crippen LogP contribution in [0.4, 0.5) is 0 Å². The summed E-state index contributed by atoms with van der Waals surface area (Å²) in [6, 6.07) is 14.2. The van der Waals surface area contributed by atoms with Crippen LogP contribution >= 0.6 is 23.2 Å². The zero-order valence-corrected chi connectivity index (χ0v) is 16.6. The molecule has 1 atom stereocenters. The molecular formula is C21H21Cl2N3O. The van der Waals surface area contributed by atoms with Crippen LogP contribution < -0.4 is 10.2 Å². The molecule has 3 aliphatic rings. The van der Waals surface area contributed by atoms with Crippen molar-refractivity contribution in [2.24, 2.45) is 0 Å². The normalized spacial score (nSPS) is 24.0. The second-order valence-electron chi connectivity index (χ2n) is 7.53. The first-order valence-electron chi connectivity index (χ1n) is 9.25. The molecule has 0 bridgehead atoms. The SMILES string of the molecule is CN1CCC2(CC1)Oc1ccccc1[C@@H]1C=C(c3ccc(Cl)c(Cl)c3)NN12. The topological polar surface area (TPSA) is 27.7 Å². The highest BCUT2D eigenvalue weighted by Crippen LogP contribution is 2.48. The number of hydrogen-bond acceptors (Lipinski definition) is 4. The molecule has 0 aromatic heterocycles. The first-order valence-corrected chi connectivity index (χ1v) is 10.0. The molecule has 6 heteroatoms. The fourth-order valence-corrected chi connectivity index (χ4v) is 4.56. The van der Waals surface area contributed by atoms with E-state index < -0.39 is 0 Å². The van der Waals surface area contributed by atoms with Gasteiger partial charge in [-0.25, -0.2) is 0 Å². The van der Waals surface area contributed by atoms with Crippen molar-refractivity contribution in [1.82, 2.24) is 15.3 Å². The molecule has 0 aliphatic carbocycles. The lowest BCUT2D eigenvalue weighted by Crippen LogP contribution is -2.63. The second kappa shape index (κ2) is 6.42. The highest BCUT2D eigenvalue weighted by Gasteiger charge is 2.51. The monoisotopic (exact) mass is 401 g/mol. The third kappa shape index (κ3) is 2.83. The Morgan fingerprint density at radius 3 is 2.63 bits per heavy atom. The summed E-state index contributed by atoms with van der Waals surface area (Å²) in [7, 11) is 2.16. The summed E-state index contributed by atoms with van der Waals surface area (Å²) in [5.41, 5.74) is 6.53. The first-order chi connectivity index (χ1) is 13.1. The number of hydrazine groups is 1. The Morgan fingerprint density at radius 2 is 1.85 bits per heavy atom. The molecular weight excluding hydrogens is 381 g/mol. The van der Waals surface area contributed by atoms with E-state index in [4.69, 9.17) is 27.9 Å². The summed E-state index contributed by atoms with van der Waals surface area (Å²) in [5, 5.41) is 3.42. The summed E-state index contributed by atoms with van der Waals surface area (Å²) in [6.07, 6.45) is 4.16. The average Bonchev–Trinajstić information content (AvgIpc) is 3.13. The van der Waals surface area contributed by atoms with E-state index in [9.17, 15) is 0 Å². The van der Waals surface area contributed by atoms with Crippen LogP contribution in [-0.2, 0) is 0 Å². The van der Waals surface area contributed by atoms with E-state index in [0.29, 0.717) is 10.0 Å². The Morgan fingerprint density at radius 1 is 1.07 bits per heavy atom. The smallest absolute Gasteiger partial charge is 0.182 e. The van der Waals surface area contributed by atoms with Crippen molar-refractivity contribution < 1.29 is 4.74 Å². The van der Waals surface area contributed by atoms with Crippen molar-refractivity contribution >= 4 is 28.9 Å². The quantitative estimate of drug-likeness (QED) is 0.748. The van der Waals surface area contributed by atoms with E-state index in [1.165, 1.54) is 5.56 Å². The molecule has 5 rings (SSSR count). The van der Waals surface area contributed by atoms with Crippen molar-refractivity contribution in [2.75, 3.05) is 20.1 Å². The Labute approximate surface area is 169 Å². The highest BCUT2D eigenvalue weighted by molar-refractivity contribution is 6.42. The number of hydrogen-bond donors (Lipinski definition) is 1. The van der Waals surface area contributed by atoms with Crippen molar-refractivity contribution in [2.45, 2.75) is 24.6 Å². The molecule has 27 heavy (non-hydrogen) atoms. The molecule has 1 spiro atoms. The highest BCUT2D eigenvalue weighted by atomic mass is 35.5. The second-order valence-corrected chi connectivity index (χ2v) is 8.34. The zero-order chi connectivity index (χ0) is 18.6. The van der Waals surface area contributed by atoms with Gasteiger partial charge in [0.25, 0.3) is 0 Å². The lowest BCUT2D eigenvalue weighted by molar-refractivity contribution is -0.157. The number of ether oxygens (including phenoxy) is 1. The molecule has 1 saturated heterocycles. The van der Waals surface area contributed by atoms with Crippen LogP contribution in [0.15, 0.2) is 48.5 Å². The molecule has 0 radical (unpaired) electrons. The number of fused-ring (bicyclic) bond motifs is 4. The van der Waals surface area contributed by atoms with Crippen LogP contribution in [0.5, 0.6) is 5.75 Å². The van der Waals surface area contributed by atoms with Crippen molar-refractivity contribution in [1.29, 1.82) is 0 Å². The zero-order valence-electron chi connectivity index (χ0n) is 15.1. The Bertz CT molecular complexity index is 921. The molecule has 0 saturated carbocycles. The van der Waals surface area contributed by atoms with Gasteiger partial charge in [0.1, 0.15) is 5.75 Å². The molecule has 3 aliphatic heterocycles. The number of para-hydroxylation sites is 1. The lowest BCUT2D eigenvalue weighted by Gasteiger charge is -2.51. The molecule has 1 N–H and O–H groups in total. The van der Waals surface area contributed by atoms with Crippen molar-refractivity contribution in [3.63, 3.8) is 0 Å². The van der Waals surface area contributed by atoms with Gasteiger partial charge in [-0.3, -0.25) is 0 Å². The predicted molar refractivity (Wildman–Crippen MR) is 109 cm³/mol. The van der Waals surface area contributed by atoms with Gasteiger partial charge in [-0.15, -0.1) is 0 Å². The fourth-order valence-electron chi connectivity index (χ4n) is 4.26. The summed E-state index contributed by atoms with van der Waals surface area (Å²) >= 11 is 12.4. The van der Waals surface area contributed by atoms with Gasteiger partial charge in [-0.05, 0) is 31.3 Å². The van der Waals surface area contributed by atoms with E-state index in [1.807, 2.05) is 24.3 Å². The minimum absolute atomic E-state index is 0.128. The number of rotatable bonds is 1. The summed E-state index contributed by atoms with van der Waals surface area (Å²) in [5.74, 6) is 0.983. The van der Waals surface area contributed by atoms with Gasteiger partial charge in [0, 0.05) is 37.1 Å². The van der Waals surface area contributed by atoms with E-state index >= 15 is 0 Å². The number of halogens is 2. The molecule has 3 heterocycles. The minimum atomic E-state index is -0.347. The minimum Gasteiger partial charge on any atom is -0.470 e. The summed E-state index contributed by atoms with van der Waals surface area (Å²) < 4.78 is 6.61. The largest absolute Gasteiger partial charge is 0.470 e. The molecule has 2 aromatic carbocycles. The van der Waals surface area contributed by atoms with E-state index in [-0.39, 0.29) is 11.8 Å². The van der Waals surface area contributed by atoms with Crippen LogP contribution in [0.1, 0.15) is 30.0 Å². The van der Waals surface area contributed by atoms with Crippen LogP contribution in [-0.4, -0.2) is 35.8 Å². The van der Waals surface area contributed by atoms with Crippen LogP contribution in [0.25, 0.3) is 5.70 Å². The van der Waals surface area contributed by atoms with E-state index in [2.05, 4.69) is 46.7 Å². The van der Waals surface area contributed by atoms with E-state index in [0.717, 1.165) is 42.9 Å². The fraction of sp³-hybridized carbons (Fsp3) is 0.333. The third-order valence-corrected chi connectivity index (χ3v) is 6.56. The standard InChI is InChI=1S/C21H21Cl2N3O/c1-25-10-8-21(9-11-25)26-19(15-4-2-3-5-20(15)27-21)13-18(24-26)14-6-7-16(22)17(23)12-14/h2-7,12-13,19,24H,8-11H2,1H3/t19-/m0/s1. The Kier molecular flexibility index (Phi) is 4.13. The van der Waals surface area contributed by atoms with Gasteiger partial charge < -0.3 is 15.1 Å². The summed E-state index contributed by atoms with van der Waals surface area (Å²) in [4.78, 5) is 2.35. The van der Waals surface area contributed by atoms with Gasteiger partial charge >= 0.3 is 0 Å². The predicted octanol–water partition coefficient (Wildman–Crippen LogP) is 4.71. The maximum atomic E-state index is 6.61. The molecule has 1 fully saturated rings. The van der Waals surface area contributed by atoms with Crippen LogP contribution in [0.3, 0.4) is 0 Å². The first kappa shape index (κ1) is 17.4. The van der Waals surface area contributed by atoms with Gasteiger partial charge in [0.05, 0.1) is 21.8 Å². The number of piperidine rings is 1. The maximum Gasteiger partial charge on any atom is 0.182 e. The number of likely N-dealkylation sites (tertiary alicyclic amines) is 1. The number of nitrogens with one attached hydrogen (secondary N) is 1. The summed E-state index contributed by atoms with van der Waals surface area (Å²) in [6.45, 7) is 2.02. The van der Waals surface area contributed by atoms with Crippen molar-refractivity contribution in [3.05, 3.63) is 69.7 Å². The van der Waals surface area contributed by atoms with Crippen LogP contribution in [0, 0.1) is 0 Å². The Balaban J connectivity index is 1.57. The molecule has 0 unspecified atom stereocenters. The van der Waals surface area contributed by atoms with Gasteiger partial charge in [0.2, 0.25) is 0 Å². The molecule has 2 aromatic rings. The molecule has 0 amide bonds. The lowest BCUT2D eigenvalue weighted by atomic mass is 9.93. The van der Waals surface area contributed by atoms with E-state index in [1.54, 1.807) is 0 Å². The van der Waals surface area contributed by atoms with Crippen LogP contribution in [0.2, 0.25) is 10.0 Å². The van der Waals surface area contributed by atoms with Gasteiger partial charge in [0.15, 0.2) is 5.72 Å². The van der Waals surface area contributed by atoms with Crippen molar-refractivity contribution in [3.8, 4) is 5.75 Å².